The number of hydrogen-bond donors (Lipinski definition) is 1. The lowest BCUT2D eigenvalue weighted by atomic mass is 10.0. The fraction of sp³-hybridized carbons (Fsp3) is 0.571. The molecule has 0 saturated carbocycles. The van der Waals surface area contributed by atoms with E-state index in [9.17, 15) is 0 Å². The lowest BCUT2D eigenvalue weighted by Crippen LogP contribution is -2.34. The highest BCUT2D eigenvalue weighted by Crippen LogP contribution is 2.32. The second-order valence-electron chi connectivity index (χ2n) is 4.51. The maximum atomic E-state index is 5.65. The van der Waals surface area contributed by atoms with Gasteiger partial charge < -0.3 is 14.8 Å². The molecule has 1 aromatic rings. The molecule has 1 N–H and O–H groups in total. The molecule has 3 nitrogen and oxygen atoms in total. The first-order valence-electron chi connectivity index (χ1n) is 6.34. The van der Waals surface area contributed by atoms with Crippen LogP contribution in [-0.4, -0.2) is 32.4 Å². The summed E-state index contributed by atoms with van der Waals surface area (Å²) in [6.45, 7) is 7.46. The second-order valence-corrected chi connectivity index (χ2v) is 4.51. The predicted octanol–water partition coefficient (Wildman–Crippen LogP) is 2.18. The molecule has 1 aliphatic rings. The summed E-state index contributed by atoms with van der Waals surface area (Å²) in [5.41, 5.74) is 1.32. The minimum absolute atomic E-state index is 0.391. The number of nitrogens with one attached hydrogen (secondary N) is 1. The van der Waals surface area contributed by atoms with Crippen molar-refractivity contribution in [3.8, 4) is 5.75 Å². The van der Waals surface area contributed by atoms with Crippen molar-refractivity contribution in [2.75, 3.05) is 26.4 Å². The molecular weight excluding hydrogens is 214 g/mol. The molecular formula is C14H21NO2. The number of hydrogen-bond acceptors (Lipinski definition) is 3. The molecule has 1 aromatic carbocycles. The number of benzene rings is 1. The van der Waals surface area contributed by atoms with Crippen LogP contribution in [0.4, 0.5) is 0 Å². The van der Waals surface area contributed by atoms with Crippen molar-refractivity contribution in [3.63, 3.8) is 0 Å². The minimum atomic E-state index is 0.391. The molecule has 0 bridgehead atoms. The third kappa shape index (κ3) is 3.20. The maximum absolute atomic E-state index is 5.65. The van der Waals surface area contributed by atoms with Crippen LogP contribution in [0.1, 0.15) is 25.3 Å². The molecule has 0 spiro atoms. The lowest BCUT2D eigenvalue weighted by molar-refractivity contribution is 0.126. The van der Waals surface area contributed by atoms with E-state index in [1.54, 1.807) is 0 Å². The van der Waals surface area contributed by atoms with Crippen molar-refractivity contribution in [1.29, 1.82) is 0 Å². The highest BCUT2D eigenvalue weighted by atomic mass is 16.5. The first-order valence-corrected chi connectivity index (χ1v) is 6.34. The van der Waals surface area contributed by atoms with Gasteiger partial charge in [0, 0.05) is 30.7 Å². The van der Waals surface area contributed by atoms with Crippen molar-refractivity contribution in [1.82, 2.24) is 5.32 Å². The largest absolute Gasteiger partial charge is 0.493 e. The van der Waals surface area contributed by atoms with Crippen molar-refractivity contribution >= 4 is 0 Å². The molecule has 0 aliphatic carbocycles. The van der Waals surface area contributed by atoms with Gasteiger partial charge in [-0.1, -0.05) is 18.2 Å². The van der Waals surface area contributed by atoms with Crippen LogP contribution in [0.5, 0.6) is 5.75 Å². The summed E-state index contributed by atoms with van der Waals surface area (Å²) in [5.74, 6) is 1.51. The zero-order valence-electron chi connectivity index (χ0n) is 10.6. The standard InChI is InChI=1S/C14H21NO2/c1-3-16-9-11(2)15-8-12-10-17-14-7-5-4-6-13(12)14/h4-7,11-12,15H,3,8-10H2,1-2H3. The first-order chi connectivity index (χ1) is 8.31. The fourth-order valence-corrected chi connectivity index (χ4v) is 2.10. The summed E-state index contributed by atoms with van der Waals surface area (Å²) in [7, 11) is 0. The quantitative estimate of drug-likeness (QED) is 0.819. The van der Waals surface area contributed by atoms with Crippen molar-refractivity contribution in [2.24, 2.45) is 0 Å². The number of fused-ring (bicyclic) bond motifs is 1. The summed E-state index contributed by atoms with van der Waals surface area (Å²) < 4.78 is 11.0. The van der Waals surface area contributed by atoms with E-state index in [2.05, 4.69) is 24.4 Å². The monoisotopic (exact) mass is 235 g/mol. The summed E-state index contributed by atoms with van der Waals surface area (Å²) in [5, 5.41) is 3.50. The molecule has 2 unspecified atom stereocenters. The smallest absolute Gasteiger partial charge is 0.122 e. The molecule has 2 rings (SSSR count). The van der Waals surface area contributed by atoms with E-state index in [1.807, 2.05) is 19.1 Å². The third-order valence-corrected chi connectivity index (χ3v) is 3.08. The molecule has 1 aliphatic heterocycles. The van der Waals surface area contributed by atoms with Crippen LogP contribution in [0.25, 0.3) is 0 Å². The normalized spacial score (nSPS) is 19.8. The van der Waals surface area contributed by atoms with Crippen LogP contribution in [0.2, 0.25) is 0 Å². The Morgan fingerprint density at radius 3 is 3.12 bits per heavy atom. The predicted molar refractivity (Wildman–Crippen MR) is 68.6 cm³/mol. The van der Waals surface area contributed by atoms with E-state index in [1.165, 1.54) is 5.56 Å². The van der Waals surface area contributed by atoms with E-state index < -0.39 is 0 Å². The number of para-hydroxylation sites is 1. The summed E-state index contributed by atoms with van der Waals surface area (Å²) in [6, 6.07) is 8.68. The van der Waals surface area contributed by atoms with E-state index in [0.29, 0.717) is 12.0 Å². The van der Waals surface area contributed by atoms with Gasteiger partial charge in [0.2, 0.25) is 0 Å². The van der Waals surface area contributed by atoms with Gasteiger partial charge in [0.05, 0.1) is 13.2 Å². The molecule has 0 radical (unpaired) electrons. The molecule has 0 saturated heterocycles. The van der Waals surface area contributed by atoms with E-state index in [-0.39, 0.29) is 0 Å². The average molecular weight is 235 g/mol. The highest BCUT2D eigenvalue weighted by Gasteiger charge is 2.23. The topological polar surface area (TPSA) is 30.5 Å². The summed E-state index contributed by atoms with van der Waals surface area (Å²) in [6.07, 6.45) is 0. The molecule has 3 heteroatoms. The van der Waals surface area contributed by atoms with Crippen LogP contribution in [-0.2, 0) is 4.74 Å². The summed E-state index contributed by atoms with van der Waals surface area (Å²) >= 11 is 0. The Morgan fingerprint density at radius 2 is 2.29 bits per heavy atom. The molecule has 0 fully saturated rings. The first kappa shape index (κ1) is 12.4. The van der Waals surface area contributed by atoms with Crippen LogP contribution in [0, 0.1) is 0 Å². The van der Waals surface area contributed by atoms with E-state index >= 15 is 0 Å². The Kier molecular flexibility index (Phi) is 4.40. The van der Waals surface area contributed by atoms with Gasteiger partial charge in [-0.15, -0.1) is 0 Å². The molecule has 2 atom stereocenters. The SMILES string of the molecule is CCOCC(C)NCC1COc2ccccc21. The number of ether oxygens (including phenoxy) is 2. The van der Waals surface area contributed by atoms with E-state index in [4.69, 9.17) is 9.47 Å². The van der Waals surface area contributed by atoms with Gasteiger partial charge >= 0.3 is 0 Å². The van der Waals surface area contributed by atoms with Crippen molar-refractivity contribution in [2.45, 2.75) is 25.8 Å². The fourth-order valence-electron chi connectivity index (χ4n) is 2.10. The second kappa shape index (κ2) is 6.03. The van der Waals surface area contributed by atoms with Crippen LogP contribution >= 0.6 is 0 Å². The third-order valence-electron chi connectivity index (χ3n) is 3.08. The zero-order chi connectivity index (χ0) is 12.1. The Balaban J connectivity index is 1.81. The molecule has 0 amide bonds. The van der Waals surface area contributed by atoms with Crippen molar-refractivity contribution < 1.29 is 9.47 Å². The van der Waals surface area contributed by atoms with Crippen LogP contribution < -0.4 is 10.1 Å². The van der Waals surface area contributed by atoms with Gasteiger partial charge in [0.1, 0.15) is 5.75 Å². The van der Waals surface area contributed by atoms with Gasteiger partial charge in [0.25, 0.3) is 0 Å². The molecule has 17 heavy (non-hydrogen) atoms. The average Bonchev–Trinajstić information content (AvgIpc) is 2.77. The van der Waals surface area contributed by atoms with Crippen LogP contribution in [0.15, 0.2) is 24.3 Å². The van der Waals surface area contributed by atoms with Gasteiger partial charge in [-0.05, 0) is 19.9 Å². The Morgan fingerprint density at radius 1 is 1.47 bits per heavy atom. The molecule has 94 valence electrons. The van der Waals surface area contributed by atoms with E-state index in [0.717, 1.165) is 32.1 Å². The van der Waals surface area contributed by atoms with Gasteiger partial charge in [0.15, 0.2) is 0 Å². The zero-order valence-corrected chi connectivity index (χ0v) is 10.6. The van der Waals surface area contributed by atoms with Gasteiger partial charge in [-0.2, -0.15) is 0 Å². The highest BCUT2D eigenvalue weighted by molar-refractivity contribution is 5.39. The van der Waals surface area contributed by atoms with Crippen LogP contribution in [0.3, 0.4) is 0 Å². The maximum Gasteiger partial charge on any atom is 0.122 e. The minimum Gasteiger partial charge on any atom is -0.493 e. The Hall–Kier alpha value is -1.06. The Bertz CT molecular complexity index is 354. The molecule has 1 heterocycles. The van der Waals surface area contributed by atoms with Gasteiger partial charge in [-0.3, -0.25) is 0 Å². The summed E-state index contributed by atoms with van der Waals surface area (Å²) in [4.78, 5) is 0. The lowest BCUT2D eigenvalue weighted by Gasteiger charge is -2.16. The number of rotatable bonds is 6. The van der Waals surface area contributed by atoms with Gasteiger partial charge in [-0.25, -0.2) is 0 Å². The van der Waals surface area contributed by atoms with Crippen molar-refractivity contribution in [3.05, 3.63) is 29.8 Å². The Labute approximate surface area is 103 Å². The molecule has 0 aromatic heterocycles.